The lowest BCUT2D eigenvalue weighted by Gasteiger charge is -2.41. The Labute approximate surface area is 193 Å². The average Bonchev–Trinajstić information content (AvgIpc) is 3.41. The van der Waals surface area contributed by atoms with Gasteiger partial charge in [-0.25, -0.2) is 4.98 Å². The van der Waals surface area contributed by atoms with E-state index >= 15 is 4.39 Å². The highest BCUT2D eigenvalue weighted by molar-refractivity contribution is 5.97. The number of aromatic nitrogens is 3. The second-order valence-electron chi connectivity index (χ2n) is 9.71. The van der Waals surface area contributed by atoms with Crippen LogP contribution in [-0.4, -0.2) is 38.0 Å². The van der Waals surface area contributed by atoms with Crippen LogP contribution in [0.5, 0.6) is 5.75 Å². The molecule has 2 bridgehead atoms. The number of fused-ring (bicyclic) bond motifs is 2. The fourth-order valence-corrected chi connectivity index (χ4v) is 5.16. The van der Waals surface area contributed by atoms with E-state index in [1.165, 1.54) is 16.5 Å². The van der Waals surface area contributed by atoms with Crippen molar-refractivity contribution in [3.05, 3.63) is 63.7 Å². The number of ketones is 1. The Kier molecular flexibility index (Phi) is 5.12. The Morgan fingerprint density at radius 2 is 2.03 bits per heavy atom. The van der Waals surface area contributed by atoms with Crippen molar-refractivity contribution < 1.29 is 27.4 Å². The SMILES string of the molecule is CC(C)Oc1c(CC(=O)c2cccn(C(F)F)c2=O)cn2cc(C34COC(C)(C3)C4)nc2c1F. The molecule has 7 nitrogen and oxygen atoms in total. The third kappa shape index (κ3) is 3.51. The van der Waals surface area contributed by atoms with E-state index < -0.39 is 41.8 Å². The highest BCUT2D eigenvalue weighted by Gasteiger charge is 2.61. The Bertz CT molecular complexity index is 1360. The summed E-state index contributed by atoms with van der Waals surface area (Å²) >= 11 is 0. The molecule has 6 rings (SSSR count). The van der Waals surface area contributed by atoms with Crippen LogP contribution < -0.4 is 10.3 Å². The second-order valence-corrected chi connectivity index (χ2v) is 9.71. The number of halogens is 3. The molecule has 3 fully saturated rings. The Morgan fingerprint density at radius 1 is 1.29 bits per heavy atom. The molecule has 180 valence electrons. The van der Waals surface area contributed by atoms with Gasteiger partial charge < -0.3 is 13.9 Å². The summed E-state index contributed by atoms with van der Waals surface area (Å²) in [7, 11) is 0. The maximum Gasteiger partial charge on any atom is 0.321 e. The Balaban J connectivity index is 1.55. The van der Waals surface area contributed by atoms with E-state index in [-0.39, 0.29) is 32.5 Å². The molecule has 3 aromatic rings. The van der Waals surface area contributed by atoms with Crippen LogP contribution in [0.2, 0.25) is 0 Å². The number of carbonyl (C=O) groups excluding carboxylic acids is 1. The van der Waals surface area contributed by atoms with E-state index in [1.54, 1.807) is 26.2 Å². The van der Waals surface area contributed by atoms with Gasteiger partial charge in [0.15, 0.2) is 17.2 Å². The zero-order valence-corrected chi connectivity index (χ0v) is 19.0. The predicted octanol–water partition coefficient (Wildman–Crippen LogP) is 4.06. The lowest BCUT2D eigenvalue weighted by atomic mass is 9.62. The summed E-state index contributed by atoms with van der Waals surface area (Å²) in [6.45, 7) is 2.91. The number of imidazole rings is 1. The zero-order chi connectivity index (χ0) is 24.4. The van der Waals surface area contributed by atoms with Crippen LogP contribution in [-0.2, 0) is 16.6 Å². The number of alkyl halides is 2. The molecule has 0 amide bonds. The highest BCUT2D eigenvalue weighted by Crippen LogP contribution is 2.58. The smallest absolute Gasteiger partial charge is 0.321 e. The third-order valence-electron chi connectivity index (χ3n) is 6.57. The summed E-state index contributed by atoms with van der Waals surface area (Å²) in [6.07, 6.45) is 4.98. The zero-order valence-electron chi connectivity index (χ0n) is 19.0. The molecule has 0 unspecified atom stereocenters. The van der Waals surface area contributed by atoms with Crippen molar-refractivity contribution in [1.82, 2.24) is 14.0 Å². The van der Waals surface area contributed by atoms with Gasteiger partial charge in [-0.2, -0.15) is 13.2 Å². The number of nitrogens with zero attached hydrogens (tertiary/aromatic N) is 3. The van der Waals surface area contributed by atoms with Gasteiger partial charge in [-0.05, 0) is 45.7 Å². The van der Waals surface area contributed by atoms with Crippen LogP contribution in [0.3, 0.4) is 0 Å². The first kappa shape index (κ1) is 22.6. The van der Waals surface area contributed by atoms with Crippen LogP contribution >= 0.6 is 0 Å². The van der Waals surface area contributed by atoms with E-state index in [4.69, 9.17) is 9.47 Å². The van der Waals surface area contributed by atoms with Crippen molar-refractivity contribution in [3.63, 3.8) is 0 Å². The molecule has 2 aliphatic heterocycles. The predicted molar refractivity (Wildman–Crippen MR) is 116 cm³/mol. The molecule has 34 heavy (non-hydrogen) atoms. The fraction of sp³-hybridized carbons (Fsp3) is 0.458. The van der Waals surface area contributed by atoms with Gasteiger partial charge in [0, 0.05) is 36.0 Å². The van der Waals surface area contributed by atoms with Crippen molar-refractivity contribution in [2.75, 3.05) is 6.61 Å². The number of pyridine rings is 2. The maximum absolute atomic E-state index is 15.6. The summed E-state index contributed by atoms with van der Waals surface area (Å²) in [5.74, 6) is -1.58. The van der Waals surface area contributed by atoms with Crippen LogP contribution in [0.1, 0.15) is 61.8 Å². The first-order chi connectivity index (χ1) is 16.0. The van der Waals surface area contributed by atoms with Crippen molar-refractivity contribution in [2.45, 2.75) is 63.7 Å². The van der Waals surface area contributed by atoms with Crippen LogP contribution in [0.4, 0.5) is 13.2 Å². The quantitative estimate of drug-likeness (QED) is 0.482. The number of carbonyl (C=O) groups is 1. The number of Topliss-reactive ketones (excluding diaryl/α,β-unsaturated/α-hetero) is 1. The van der Waals surface area contributed by atoms with E-state index in [2.05, 4.69) is 4.98 Å². The molecule has 0 spiro atoms. The monoisotopic (exact) mass is 475 g/mol. The van der Waals surface area contributed by atoms with Gasteiger partial charge in [0.1, 0.15) is 0 Å². The molecular weight excluding hydrogens is 451 g/mol. The third-order valence-corrected chi connectivity index (χ3v) is 6.57. The van der Waals surface area contributed by atoms with Gasteiger partial charge in [0.25, 0.3) is 5.56 Å². The fourth-order valence-electron chi connectivity index (χ4n) is 5.16. The van der Waals surface area contributed by atoms with E-state index in [1.807, 2.05) is 6.92 Å². The molecule has 5 heterocycles. The van der Waals surface area contributed by atoms with Gasteiger partial charge in [0.05, 0.1) is 29.6 Å². The second kappa shape index (κ2) is 7.69. The van der Waals surface area contributed by atoms with Gasteiger partial charge in [-0.3, -0.25) is 14.2 Å². The normalized spacial score (nSPS) is 23.6. The minimum atomic E-state index is -3.08. The van der Waals surface area contributed by atoms with Crippen molar-refractivity contribution >= 4 is 11.4 Å². The molecular formula is C24H24F3N3O4. The van der Waals surface area contributed by atoms with Crippen LogP contribution in [0.25, 0.3) is 5.65 Å². The first-order valence-corrected chi connectivity index (χ1v) is 11.1. The molecule has 10 heteroatoms. The summed E-state index contributed by atoms with van der Waals surface area (Å²) in [5.41, 5.74) is -0.960. The minimum absolute atomic E-state index is 0.0662. The number of rotatable bonds is 7. The summed E-state index contributed by atoms with van der Waals surface area (Å²) < 4.78 is 55.0. The van der Waals surface area contributed by atoms with E-state index in [9.17, 15) is 18.4 Å². The topological polar surface area (TPSA) is 74.8 Å². The van der Waals surface area contributed by atoms with E-state index in [0.717, 1.165) is 19.0 Å². The molecule has 1 saturated carbocycles. The molecule has 3 aromatic heterocycles. The summed E-state index contributed by atoms with van der Waals surface area (Å²) in [6, 6.07) is 2.39. The minimum Gasteiger partial charge on any atom is -0.487 e. The molecule has 0 radical (unpaired) electrons. The van der Waals surface area contributed by atoms with Gasteiger partial charge >= 0.3 is 6.55 Å². The van der Waals surface area contributed by atoms with Gasteiger partial charge in [0.2, 0.25) is 5.82 Å². The maximum atomic E-state index is 15.6. The number of ether oxygens (including phenoxy) is 2. The average molecular weight is 475 g/mol. The summed E-state index contributed by atoms with van der Waals surface area (Å²) in [4.78, 5) is 29.8. The lowest BCUT2D eigenvalue weighted by molar-refractivity contribution is 0.0154. The first-order valence-electron chi connectivity index (χ1n) is 11.1. The molecule has 0 aromatic carbocycles. The Morgan fingerprint density at radius 3 is 2.65 bits per heavy atom. The van der Waals surface area contributed by atoms with Crippen molar-refractivity contribution in [2.24, 2.45) is 0 Å². The lowest BCUT2D eigenvalue weighted by Crippen LogP contribution is -2.45. The van der Waals surface area contributed by atoms with Crippen molar-refractivity contribution in [1.29, 1.82) is 0 Å². The van der Waals surface area contributed by atoms with Gasteiger partial charge in [-0.15, -0.1) is 0 Å². The van der Waals surface area contributed by atoms with E-state index in [0.29, 0.717) is 12.3 Å². The van der Waals surface area contributed by atoms with Gasteiger partial charge in [-0.1, -0.05) is 0 Å². The highest BCUT2D eigenvalue weighted by atomic mass is 19.3. The molecule has 1 aliphatic carbocycles. The number of hydrogen-bond donors (Lipinski definition) is 0. The molecule has 3 aliphatic rings. The van der Waals surface area contributed by atoms with Crippen LogP contribution in [0.15, 0.2) is 35.5 Å². The van der Waals surface area contributed by atoms with Crippen LogP contribution in [0, 0.1) is 5.82 Å². The standard InChI is InChI=1S/C24H24F3N3O4/c1-13(2)34-19-14(7-16(31)15-5-4-6-30(21(15)32)22(26)27)8-29-9-17(28-20(29)18(19)25)24-10-23(3,11-24)33-12-24/h4-6,8-9,13,22H,7,10-12H2,1-3H3. The molecule has 0 N–H and O–H groups in total. The largest absolute Gasteiger partial charge is 0.487 e. The summed E-state index contributed by atoms with van der Waals surface area (Å²) in [5, 5.41) is 0. The Hall–Kier alpha value is -3.14. The molecule has 0 atom stereocenters. The molecule has 2 saturated heterocycles. The number of hydrogen-bond acceptors (Lipinski definition) is 5. The van der Waals surface area contributed by atoms with Crippen molar-refractivity contribution in [3.8, 4) is 5.75 Å².